The van der Waals surface area contributed by atoms with Gasteiger partial charge in [-0.05, 0) is 38.1 Å². The topological polar surface area (TPSA) is 46.0 Å². The van der Waals surface area contributed by atoms with Crippen LogP contribution in [0.5, 0.6) is 0 Å². The van der Waals surface area contributed by atoms with Crippen LogP contribution in [-0.2, 0) is 5.60 Å². The molecule has 0 aliphatic carbocycles. The molecule has 5 heteroatoms. The molecule has 3 heterocycles. The van der Waals surface area contributed by atoms with E-state index in [0.29, 0.717) is 10.7 Å². The molecule has 0 aliphatic heterocycles. The molecule has 0 radical (unpaired) electrons. The summed E-state index contributed by atoms with van der Waals surface area (Å²) < 4.78 is 0.958. The molecule has 3 aromatic heterocycles. The molecule has 3 nitrogen and oxygen atoms in total. The second kappa shape index (κ2) is 4.81. The van der Waals surface area contributed by atoms with E-state index in [1.54, 1.807) is 37.4 Å². The van der Waals surface area contributed by atoms with Gasteiger partial charge >= 0.3 is 0 Å². The molecule has 0 atom stereocenters. The lowest BCUT2D eigenvalue weighted by Crippen LogP contribution is -2.17. The zero-order valence-electron chi connectivity index (χ0n) is 11.1. The largest absolute Gasteiger partial charge is 0.384 e. The number of fused-ring (bicyclic) bond motifs is 1. The molecule has 3 aromatic rings. The van der Waals surface area contributed by atoms with Crippen LogP contribution < -0.4 is 0 Å². The lowest BCUT2D eigenvalue weighted by atomic mass is 10.0. The summed E-state index contributed by atoms with van der Waals surface area (Å²) in [4.78, 5) is 9.83. The van der Waals surface area contributed by atoms with Gasteiger partial charge in [-0.2, -0.15) is 0 Å². The molecule has 0 saturated carbocycles. The Bertz CT molecular complexity index is 777. The third kappa shape index (κ3) is 2.42. The van der Waals surface area contributed by atoms with E-state index in [2.05, 4.69) is 9.97 Å². The van der Waals surface area contributed by atoms with Gasteiger partial charge in [0.05, 0.1) is 31.5 Å². The Morgan fingerprint density at radius 1 is 1.25 bits per heavy atom. The zero-order chi connectivity index (χ0) is 14.3. The van der Waals surface area contributed by atoms with Crippen LogP contribution in [-0.4, -0.2) is 15.1 Å². The van der Waals surface area contributed by atoms with Gasteiger partial charge in [0.1, 0.15) is 5.60 Å². The first-order chi connectivity index (χ1) is 9.45. The average molecular weight is 305 g/mol. The molecule has 0 aromatic carbocycles. The summed E-state index contributed by atoms with van der Waals surface area (Å²) >= 11 is 7.73. The third-order valence-corrected chi connectivity index (χ3v) is 4.60. The average Bonchev–Trinajstić information content (AvgIpc) is 2.83. The van der Waals surface area contributed by atoms with E-state index in [4.69, 9.17) is 11.6 Å². The Balaban J connectivity index is 2.14. The number of nitrogens with zero attached hydrogens (tertiary/aromatic N) is 2. The maximum atomic E-state index is 10.1. The van der Waals surface area contributed by atoms with Crippen LogP contribution in [0, 0.1) is 0 Å². The third-order valence-electron chi connectivity index (χ3n) is 2.99. The minimum atomic E-state index is -0.956. The minimum absolute atomic E-state index is 0.645. The van der Waals surface area contributed by atoms with Crippen LogP contribution in [0.25, 0.3) is 20.8 Å². The van der Waals surface area contributed by atoms with Gasteiger partial charge in [0.25, 0.3) is 0 Å². The van der Waals surface area contributed by atoms with E-state index in [-0.39, 0.29) is 0 Å². The van der Waals surface area contributed by atoms with Crippen molar-refractivity contribution in [1.29, 1.82) is 0 Å². The summed E-state index contributed by atoms with van der Waals surface area (Å²) in [7, 11) is 0. The highest BCUT2D eigenvalue weighted by Crippen LogP contribution is 2.35. The second-order valence-corrected chi connectivity index (χ2v) is 6.54. The van der Waals surface area contributed by atoms with E-state index in [1.165, 1.54) is 0 Å². The fraction of sp³-hybridized carbons (Fsp3) is 0.200. The van der Waals surface area contributed by atoms with E-state index in [0.717, 1.165) is 20.8 Å². The van der Waals surface area contributed by atoms with E-state index in [1.807, 2.05) is 24.3 Å². The molecule has 0 aliphatic rings. The highest BCUT2D eigenvalue weighted by atomic mass is 35.5. The summed E-state index contributed by atoms with van der Waals surface area (Å²) in [5.41, 5.74) is 1.38. The maximum Gasteiger partial charge on any atom is 0.101 e. The van der Waals surface area contributed by atoms with Gasteiger partial charge in [-0.3, -0.25) is 4.98 Å². The quantitative estimate of drug-likeness (QED) is 0.770. The number of aliphatic hydroxyl groups is 1. The van der Waals surface area contributed by atoms with E-state index < -0.39 is 5.60 Å². The number of pyridine rings is 2. The molecule has 20 heavy (non-hydrogen) atoms. The monoisotopic (exact) mass is 304 g/mol. The van der Waals surface area contributed by atoms with Crippen molar-refractivity contribution in [3.05, 3.63) is 47.2 Å². The summed E-state index contributed by atoms with van der Waals surface area (Å²) in [5.74, 6) is 0. The summed E-state index contributed by atoms with van der Waals surface area (Å²) in [5, 5.41) is 10.8. The van der Waals surface area contributed by atoms with Gasteiger partial charge < -0.3 is 5.11 Å². The van der Waals surface area contributed by atoms with Crippen LogP contribution in [0.3, 0.4) is 0 Å². The van der Waals surface area contributed by atoms with Crippen LogP contribution in [0.2, 0.25) is 5.02 Å². The molecule has 0 spiro atoms. The first-order valence-corrected chi connectivity index (χ1v) is 7.39. The number of rotatable bonds is 2. The molecular weight excluding hydrogens is 292 g/mol. The Morgan fingerprint density at radius 3 is 2.75 bits per heavy atom. The van der Waals surface area contributed by atoms with Crippen molar-refractivity contribution < 1.29 is 5.11 Å². The Hall–Kier alpha value is -1.49. The molecule has 0 amide bonds. The maximum absolute atomic E-state index is 10.1. The van der Waals surface area contributed by atoms with Crippen LogP contribution in [0.4, 0.5) is 0 Å². The van der Waals surface area contributed by atoms with Gasteiger partial charge in [-0.15, -0.1) is 11.3 Å². The number of thiophene rings is 1. The standard InChI is InChI=1S/C15H13ClN2OS/c1-15(2,19)13-5-3-4-10(18-13)12-8-11-14(20-12)9(16)6-7-17-11/h3-8,19H,1-2H3. The summed E-state index contributed by atoms with van der Waals surface area (Å²) in [6, 6.07) is 9.40. The minimum Gasteiger partial charge on any atom is -0.384 e. The number of halogens is 1. The fourth-order valence-electron chi connectivity index (χ4n) is 1.95. The molecule has 1 N–H and O–H groups in total. The fourth-order valence-corrected chi connectivity index (χ4v) is 3.21. The lowest BCUT2D eigenvalue weighted by molar-refractivity contribution is 0.0740. The van der Waals surface area contributed by atoms with Crippen molar-refractivity contribution in [2.75, 3.05) is 0 Å². The van der Waals surface area contributed by atoms with Gasteiger partial charge in [0.2, 0.25) is 0 Å². The molecule has 0 unspecified atom stereocenters. The van der Waals surface area contributed by atoms with Crippen molar-refractivity contribution in [2.24, 2.45) is 0 Å². The van der Waals surface area contributed by atoms with Crippen molar-refractivity contribution in [2.45, 2.75) is 19.4 Å². The van der Waals surface area contributed by atoms with Crippen LogP contribution in [0.1, 0.15) is 19.5 Å². The van der Waals surface area contributed by atoms with Gasteiger partial charge in [0.15, 0.2) is 0 Å². The smallest absolute Gasteiger partial charge is 0.101 e. The molecule has 0 saturated heterocycles. The van der Waals surface area contributed by atoms with E-state index in [9.17, 15) is 5.11 Å². The number of hydrogen-bond acceptors (Lipinski definition) is 4. The molecule has 0 fully saturated rings. The Morgan fingerprint density at radius 2 is 2.05 bits per heavy atom. The van der Waals surface area contributed by atoms with Crippen LogP contribution >= 0.6 is 22.9 Å². The van der Waals surface area contributed by atoms with Crippen molar-refractivity contribution in [3.8, 4) is 10.6 Å². The number of aromatic nitrogens is 2. The second-order valence-electron chi connectivity index (χ2n) is 5.08. The summed E-state index contributed by atoms with van der Waals surface area (Å²) in [6.45, 7) is 3.45. The van der Waals surface area contributed by atoms with Gasteiger partial charge in [-0.1, -0.05) is 17.7 Å². The summed E-state index contributed by atoms with van der Waals surface area (Å²) in [6.07, 6.45) is 1.70. The SMILES string of the molecule is CC(C)(O)c1cccc(-c2cc3nccc(Cl)c3s2)n1. The van der Waals surface area contributed by atoms with Crippen molar-refractivity contribution in [1.82, 2.24) is 9.97 Å². The van der Waals surface area contributed by atoms with Crippen LogP contribution in [0.15, 0.2) is 36.5 Å². The lowest BCUT2D eigenvalue weighted by Gasteiger charge is -2.16. The van der Waals surface area contributed by atoms with Crippen molar-refractivity contribution in [3.63, 3.8) is 0 Å². The first-order valence-electron chi connectivity index (χ1n) is 6.19. The zero-order valence-corrected chi connectivity index (χ0v) is 12.7. The highest BCUT2D eigenvalue weighted by molar-refractivity contribution is 7.22. The van der Waals surface area contributed by atoms with Gasteiger partial charge in [0, 0.05) is 6.20 Å². The number of hydrogen-bond donors (Lipinski definition) is 1. The van der Waals surface area contributed by atoms with Crippen molar-refractivity contribution >= 4 is 33.2 Å². The van der Waals surface area contributed by atoms with E-state index >= 15 is 0 Å². The first kappa shape index (κ1) is 13.5. The predicted molar refractivity (Wildman–Crippen MR) is 83.1 cm³/mol. The predicted octanol–water partition coefficient (Wildman–Crippen LogP) is 4.24. The molecule has 102 valence electrons. The Kier molecular flexibility index (Phi) is 3.24. The Labute approximate surface area is 125 Å². The molecule has 3 rings (SSSR count). The molecule has 0 bridgehead atoms. The van der Waals surface area contributed by atoms with Gasteiger partial charge in [-0.25, -0.2) is 4.98 Å². The molecular formula is C15H13ClN2OS. The highest BCUT2D eigenvalue weighted by Gasteiger charge is 2.18. The normalized spacial score (nSPS) is 12.0.